The molecule has 1 aliphatic rings. The first-order valence-electron chi connectivity index (χ1n) is 7.32. The van der Waals surface area contributed by atoms with E-state index in [1.54, 1.807) is 4.88 Å². The molecule has 2 atom stereocenters. The van der Waals surface area contributed by atoms with Crippen LogP contribution in [0.1, 0.15) is 29.0 Å². The van der Waals surface area contributed by atoms with E-state index in [0.717, 1.165) is 13.1 Å². The maximum Gasteiger partial charge on any atom is 0.0333 e. The number of hydrogen-bond acceptors (Lipinski definition) is 3. The van der Waals surface area contributed by atoms with Gasteiger partial charge in [0.2, 0.25) is 0 Å². The molecule has 0 saturated carbocycles. The first-order valence-corrected chi connectivity index (χ1v) is 8.20. The van der Waals surface area contributed by atoms with Crippen LogP contribution in [0.4, 0.5) is 0 Å². The van der Waals surface area contributed by atoms with Crippen LogP contribution in [0.5, 0.6) is 0 Å². The Morgan fingerprint density at radius 3 is 2.85 bits per heavy atom. The topological polar surface area (TPSA) is 29.3 Å². The molecule has 2 aromatic rings. The van der Waals surface area contributed by atoms with Crippen LogP contribution in [-0.2, 0) is 13.0 Å². The lowest BCUT2D eigenvalue weighted by molar-refractivity contribution is 0.207. The van der Waals surface area contributed by atoms with Gasteiger partial charge in [-0.1, -0.05) is 37.3 Å². The van der Waals surface area contributed by atoms with Gasteiger partial charge in [0.15, 0.2) is 0 Å². The lowest BCUT2D eigenvalue weighted by atomic mass is 9.94. The minimum absolute atomic E-state index is 0.125. The van der Waals surface area contributed by atoms with E-state index in [0.29, 0.717) is 5.92 Å². The molecule has 3 heteroatoms. The highest BCUT2D eigenvalue weighted by Gasteiger charge is 2.22. The van der Waals surface area contributed by atoms with E-state index in [-0.39, 0.29) is 6.04 Å². The van der Waals surface area contributed by atoms with Crippen LogP contribution in [-0.4, -0.2) is 18.0 Å². The first kappa shape index (κ1) is 13.8. The average Bonchev–Trinajstić information content (AvgIpc) is 2.95. The first-order chi connectivity index (χ1) is 9.74. The van der Waals surface area contributed by atoms with Gasteiger partial charge in [-0.15, -0.1) is 11.3 Å². The Bertz CT molecular complexity index is 549. The Balaban J connectivity index is 1.61. The van der Waals surface area contributed by atoms with Crippen LogP contribution in [0.25, 0.3) is 0 Å². The summed E-state index contributed by atoms with van der Waals surface area (Å²) < 4.78 is 0. The van der Waals surface area contributed by atoms with Crippen LogP contribution in [0, 0.1) is 5.92 Å². The molecule has 0 bridgehead atoms. The van der Waals surface area contributed by atoms with Crippen molar-refractivity contribution in [3.05, 3.63) is 57.8 Å². The minimum atomic E-state index is 0.125. The highest BCUT2D eigenvalue weighted by molar-refractivity contribution is 7.10. The number of rotatable bonds is 4. The van der Waals surface area contributed by atoms with Crippen LogP contribution in [0.3, 0.4) is 0 Å². The van der Waals surface area contributed by atoms with E-state index in [9.17, 15) is 0 Å². The van der Waals surface area contributed by atoms with Crippen molar-refractivity contribution in [1.82, 2.24) is 4.90 Å². The quantitative estimate of drug-likeness (QED) is 0.933. The molecule has 0 saturated heterocycles. The third-order valence-electron chi connectivity index (χ3n) is 4.23. The van der Waals surface area contributed by atoms with Gasteiger partial charge in [0.1, 0.15) is 0 Å². The molecular formula is C17H22N2S. The van der Waals surface area contributed by atoms with Crippen LogP contribution in [0.15, 0.2) is 41.8 Å². The Hall–Kier alpha value is -1.16. The molecule has 0 spiro atoms. The van der Waals surface area contributed by atoms with Crippen molar-refractivity contribution in [2.24, 2.45) is 11.7 Å². The summed E-state index contributed by atoms with van der Waals surface area (Å²) in [6.07, 6.45) is 1.19. The number of nitrogens with zero attached hydrogens (tertiary/aromatic N) is 1. The van der Waals surface area contributed by atoms with Crippen LogP contribution >= 0.6 is 11.3 Å². The van der Waals surface area contributed by atoms with Gasteiger partial charge in [0, 0.05) is 30.6 Å². The Kier molecular flexibility index (Phi) is 4.20. The summed E-state index contributed by atoms with van der Waals surface area (Å²) in [5, 5.41) is 2.22. The van der Waals surface area contributed by atoms with E-state index in [2.05, 4.69) is 47.5 Å². The highest BCUT2D eigenvalue weighted by atomic mass is 32.1. The van der Waals surface area contributed by atoms with Crippen LogP contribution in [0.2, 0.25) is 0 Å². The van der Waals surface area contributed by atoms with Crippen molar-refractivity contribution < 1.29 is 0 Å². The summed E-state index contributed by atoms with van der Waals surface area (Å²) in [5.41, 5.74) is 9.16. The van der Waals surface area contributed by atoms with Crippen molar-refractivity contribution >= 4 is 11.3 Å². The fourth-order valence-electron chi connectivity index (χ4n) is 2.99. The molecule has 2 heterocycles. The third-order valence-corrected chi connectivity index (χ3v) is 5.25. The van der Waals surface area contributed by atoms with Crippen molar-refractivity contribution in [1.29, 1.82) is 0 Å². The largest absolute Gasteiger partial charge is 0.324 e. The number of benzene rings is 1. The Labute approximate surface area is 125 Å². The molecular weight excluding hydrogens is 264 g/mol. The number of nitrogens with two attached hydrogens (primary N) is 1. The number of hydrogen-bond donors (Lipinski definition) is 1. The van der Waals surface area contributed by atoms with E-state index in [1.165, 1.54) is 24.1 Å². The molecule has 1 aromatic heterocycles. The normalized spacial score (nSPS) is 18.5. The molecule has 106 valence electrons. The summed E-state index contributed by atoms with van der Waals surface area (Å²) in [7, 11) is 0. The fourth-order valence-corrected chi connectivity index (χ4v) is 3.88. The van der Waals surface area contributed by atoms with Gasteiger partial charge in [-0.25, -0.2) is 0 Å². The van der Waals surface area contributed by atoms with Crippen molar-refractivity contribution in [2.75, 3.05) is 13.1 Å². The highest BCUT2D eigenvalue weighted by Crippen LogP contribution is 2.26. The van der Waals surface area contributed by atoms with Gasteiger partial charge in [0.05, 0.1) is 0 Å². The number of thiophene rings is 1. The van der Waals surface area contributed by atoms with Crippen LogP contribution < -0.4 is 5.73 Å². The molecule has 3 rings (SSSR count). The maximum absolute atomic E-state index is 6.41. The molecule has 1 aromatic carbocycles. The standard InChI is InChI=1S/C17H22N2S/c1-13(17(18)14-5-3-2-4-6-14)11-19-9-7-16-15(12-19)8-10-20-16/h2-6,8,10,13,17H,7,9,11-12,18H2,1H3. The van der Waals surface area contributed by atoms with E-state index < -0.39 is 0 Å². The molecule has 0 amide bonds. The maximum atomic E-state index is 6.41. The van der Waals surface area contributed by atoms with Gasteiger partial charge < -0.3 is 5.73 Å². The molecule has 0 aliphatic carbocycles. The molecule has 2 N–H and O–H groups in total. The monoisotopic (exact) mass is 286 g/mol. The van der Waals surface area contributed by atoms with Gasteiger partial charge in [-0.2, -0.15) is 0 Å². The molecule has 2 unspecified atom stereocenters. The summed E-state index contributed by atoms with van der Waals surface area (Å²) in [6.45, 7) is 5.59. The summed E-state index contributed by atoms with van der Waals surface area (Å²) in [6, 6.07) is 12.8. The molecule has 20 heavy (non-hydrogen) atoms. The Morgan fingerprint density at radius 2 is 2.05 bits per heavy atom. The molecule has 1 aliphatic heterocycles. The fraction of sp³-hybridized carbons (Fsp3) is 0.412. The lowest BCUT2D eigenvalue weighted by Gasteiger charge is -2.31. The SMILES string of the molecule is CC(CN1CCc2sccc2C1)C(N)c1ccccc1. The van der Waals surface area contributed by atoms with Crippen molar-refractivity contribution in [2.45, 2.75) is 25.9 Å². The van der Waals surface area contributed by atoms with E-state index >= 15 is 0 Å². The average molecular weight is 286 g/mol. The zero-order valence-electron chi connectivity index (χ0n) is 12.0. The smallest absolute Gasteiger partial charge is 0.0333 e. The number of fused-ring (bicyclic) bond motifs is 1. The predicted octanol–water partition coefficient (Wildman–Crippen LogP) is 3.44. The van der Waals surface area contributed by atoms with Gasteiger partial charge in [-0.3, -0.25) is 4.90 Å². The minimum Gasteiger partial charge on any atom is -0.324 e. The molecule has 2 nitrogen and oxygen atoms in total. The Morgan fingerprint density at radius 1 is 1.25 bits per heavy atom. The van der Waals surface area contributed by atoms with Crippen molar-refractivity contribution in [3.8, 4) is 0 Å². The summed E-state index contributed by atoms with van der Waals surface area (Å²) >= 11 is 1.90. The lowest BCUT2D eigenvalue weighted by Crippen LogP contribution is -2.36. The summed E-state index contributed by atoms with van der Waals surface area (Å²) in [5.74, 6) is 0.470. The summed E-state index contributed by atoms with van der Waals surface area (Å²) in [4.78, 5) is 4.11. The second-order valence-corrected chi connectivity index (χ2v) is 6.77. The second-order valence-electron chi connectivity index (χ2n) is 5.77. The third kappa shape index (κ3) is 2.95. The second kappa shape index (κ2) is 6.08. The van der Waals surface area contributed by atoms with E-state index in [1.807, 2.05) is 17.4 Å². The van der Waals surface area contributed by atoms with Crippen molar-refractivity contribution in [3.63, 3.8) is 0 Å². The molecule has 0 fully saturated rings. The predicted molar refractivity (Wildman–Crippen MR) is 85.8 cm³/mol. The van der Waals surface area contributed by atoms with E-state index in [4.69, 9.17) is 5.73 Å². The zero-order chi connectivity index (χ0) is 13.9. The van der Waals surface area contributed by atoms with Gasteiger partial charge in [-0.05, 0) is 34.9 Å². The zero-order valence-corrected chi connectivity index (χ0v) is 12.8. The van der Waals surface area contributed by atoms with Gasteiger partial charge >= 0.3 is 0 Å². The van der Waals surface area contributed by atoms with Gasteiger partial charge in [0.25, 0.3) is 0 Å². The molecule has 0 radical (unpaired) electrons.